The molecule has 3 nitrogen and oxygen atoms in total. The SMILES string of the molecule is OC(CN1CCCC(O)(c2ccc(F)cc2)CC1)c1ccc(F)cc1. The molecule has 1 aliphatic heterocycles. The minimum Gasteiger partial charge on any atom is -0.387 e. The van der Waals surface area contributed by atoms with Gasteiger partial charge in [0.15, 0.2) is 0 Å². The molecule has 2 unspecified atom stereocenters. The maximum atomic E-state index is 13.1. The third kappa shape index (κ3) is 4.42. The van der Waals surface area contributed by atoms with Crippen molar-refractivity contribution in [3.05, 3.63) is 71.3 Å². The maximum Gasteiger partial charge on any atom is 0.123 e. The fraction of sp³-hybridized carbons (Fsp3) is 0.400. The number of likely N-dealkylation sites (tertiary alicyclic amines) is 1. The highest BCUT2D eigenvalue weighted by Crippen LogP contribution is 2.33. The molecule has 0 aromatic heterocycles. The van der Waals surface area contributed by atoms with Crippen molar-refractivity contribution in [2.45, 2.75) is 31.0 Å². The number of aliphatic hydroxyl groups is 2. The highest BCUT2D eigenvalue weighted by molar-refractivity contribution is 5.23. The van der Waals surface area contributed by atoms with Gasteiger partial charge in [-0.2, -0.15) is 0 Å². The van der Waals surface area contributed by atoms with Crippen molar-refractivity contribution >= 4 is 0 Å². The second-order valence-corrected chi connectivity index (χ2v) is 6.76. The first-order valence-corrected chi connectivity index (χ1v) is 8.61. The van der Waals surface area contributed by atoms with E-state index in [-0.39, 0.29) is 11.6 Å². The number of hydrogen-bond acceptors (Lipinski definition) is 3. The molecule has 0 amide bonds. The first-order valence-electron chi connectivity index (χ1n) is 8.61. The van der Waals surface area contributed by atoms with Gasteiger partial charge in [0.2, 0.25) is 0 Å². The van der Waals surface area contributed by atoms with E-state index >= 15 is 0 Å². The Bertz CT molecular complexity index is 690. The van der Waals surface area contributed by atoms with Crippen molar-refractivity contribution in [2.24, 2.45) is 0 Å². The zero-order chi connectivity index (χ0) is 17.9. The molecule has 1 fully saturated rings. The lowest BCUT2D eigenvalue weighted by atomic mass is 9.87. The van der Waals surface area contributed by atoms with Gasteiger partial charge in [-0.1, -0.05) is 24.3 Å². The fourth-order valence-electron chi connectivity index (χ4n) is 3.44. The summed E-state index contributed by atoms with van der Waals surface area (Å²) in [5.74, 6) is -0.639. The summed E-state index contributed by atoms with van der Waals surface area (Å²) in [6.45, 7) is 1.83. The summed E-state index contributed by atoms with van der Waals surface area (Å²) in [5, 5.41) is 21.3. The molecule has 0 bridgehead atoms. The molecule has 2 N–H and O–H groups in total. The summed E-state index contributed by atoms with van der Waals surface area (Å²) < 4.78 is 26.1. The lowest BCUT2D eigenvalue weighted by Gasteiger charge is -2.28. The average Bonchev–Trinajstić information content (AvgIpc) is 2.79. The Labute approximate surface area is 146 Å². The predicted molar refractivity (Wildman–Crippen MR) is 91.9 cm³/mol. The Balaban J connectivity index is 1.63. The van der Waals surface area contributed by atoms with E-state index in [0.717, 1.165) is 18.5 Å². The van der Waals surface area contributed by atoms with E-state index in [1.165, 1.54) is 24.3 Å². The van der Waals surface area contributed by atoms with E-state index in [4.69, 9.17) is 0 Å². The van der Waals surface area contributed by atoms with Crippen molar-refractivity contribution in [1.82, 2.24) is 4.90 Å². The van der Waals surface area contributed by atoms with Gasteiger partial charge in [0.1, 0.15) is 11.6 Å². The van der Waals surface area contributed by atoms with Gasteiger partial charge >= 0.3 is 0 Å². The van der Waals surface area contributed by atoms with Crippen LogP contribution < -0.4 is 0 Å². The first-order chi connectivity index (χ1) is 12.0. The van der Waals surface area contributed by atoms with Crippen LogP contribution >= 0.6 is 0 Å². The van der Waals surface area contributed by atoms with E-state index < -0.39 is 11.7 Å². The van der Waals surface area contributed by atoms with E-state index in [1.54, 1.807) is 24.3 Å². The van der Waals surface area contributed by atoms with Crippen LogP contribution in [0.5, 0.6) is 0 Å². The van der Waals surface area contributed by atoms with Crippen LogP contribution in [0.3, 0.4) is 0 Å². The number of halogens is 2. The molecule has 2 aromatic carbocycles. The molecule has 0 radical (unpaired) electrons. The molecular formula is C20H23F2NO2. The van der Waals surface area contributed by atoms with Gasteiger partial charge in [-0.05, 0) is 61.2 Å². The monoisotopic (exact) mass is 347 g/mol. The predicted octanol–water partition coefficient (Wildman–Crippen LogP) is 3.37. The van der Waals surface area contributed by atoms with Crippen LogP contribution in [0.1, 0.15) is 36.5 Å². The Kier molecular flexibility index (Phi) is 5.47. The smallest absolute Gasteiger partial charge is 0.123 e. The number of hydrogen-bond donors (Lipinski definition) is 2. The van der Waals surface area contributed by atoms with Crippen LogP contribution in [0, 0.1) is 11.6 Å². The maximum absolute atomic E-state index is 13.1. The number of β-amino-alcohol motifs (C(OH)–C–C–N with tert-alkyl or cyclic N) is 1. The van der Waals surface area contributed by atoms with Gasteiger partial charge in [-0.15, -0.1) is 0 Å². The molecular weight excluding hydrogens is 324 g/mol. The number of aliphatic hydroxyl groups excluding tert-OH is 1. The van der Waals surface area contributed by atoms with Gasteiger partial charge in [-0.25, -0.2) is 8.78 Å². The zero-order valence-corrected chi connectivity index (χ0v) is 14.0. The van der Waals surface area contributed by atoms with E-state index in [9.17, 15) is 19.0 Å². The quantitative estimate of drug-likeness (QED) is 0.891. The van der Waals surface area contributed by atoms with Crippen LogP contribution in [-0.4, -0.2) is 34.7 Å². The van der Waals surface area contributed by atoms with Crippen LogP contribution in [0.4, 0.5) is 8.78 Å². The van der Waals surface area contributed by atoms with Crippen LogP contribution in [0.25, 0.3) is 0 Å². The van der Waals surface area contributed by atoms with Gasteiger partial charge in [-0.3, -0.25) is 0 Å². The Morgan fingerprint density at radius 2 is 1.52 bits per heavy atom. The molecule has 134 valence electrons. The van der Waals surface area contributed by atoms with Crippen molar-refractivity contribution in [2.75, 3.05) is 19.6 Å². The summed E-state index contributed by atoms with van der Waals surface area (Å²) >= 11 is 0. The molecule has 5 heteroatoms. The summed E-state index contributed by atoms with van der Waals surface area (Å²) in [4.78, 5) is 2.11. The van der Waals surface area contributed by atoms with Gasteiger partial charge < -0.3 is 15.1 Å². The van der Waals surface area contributed by atoms with Crippen molar-refractivity contribution in [1.29, 1.82) is 0 Å². The minimum absolute atomic E-state index is 0.315. The average molecular weight is 347 g/mol. The van der Waals surface area contributed by atoms with Crippen molar-refractivity contribution in [3.8, 4) is 0 Å². The summed E-state index contributed by atoms with van der Waals surface area (Å²) in [7, 11) is 0. The molecule has 1 saturated heterocycles. The third-order valence-electron chi connectivity index (χ3n) is 4.97. The molecule has 0 aliphatic carbocycles. The Morgan fingerprint density at radius 3 is 2.16 bits per heavy atom. The van der Waals surface area contributed by atoms with Gasteiger partial charge in [0.25, 0.3) is 0 Å². The normalized spacial score (nSPS) is 23.2. The molecule has 0 saturated carbocycles. The molecule has 3 rings (SSSR count). The van der Waals surface area contributed by atoms with E-state index in [2.05, 4.69) is 4.90 Å². The largest absolute Gasteiger partial charge is 0.387 e. The molecule has 0 spiro atoms. The Hall–Kier alpha value is -1.82. The molecule has 2 atom stereocenters. The summed E-state index contributed by atoms with van der Waals surface area (Å²) in [6, 6.07) is 11.9. The second kappa shape index (κ2) is 7.60. The van der Waals surface area contributed by atoms with Gasteiger partial charge in [0, 0.05) is 13.1 Å². The highest BCUT2D eigenvalue weighted by atomic mass is 19.1. The van der Waals surface area contributed by atoms with E-state index in [1.807, 2.05) is 0 Å². The summed E-state index contributed by atoms with van der Waals surface area (Å²) in [5.41, 5.74) is 0.442. The fourth-order valence-corrected chi connectivity index (χ4v) is 3.44. The zero-order valence-electron chi connectivity index (χ0n) is 14.0. The molecule has 2 aromatic rings. The topological polar surface area (TPSA) is 43.7 Å². The number of benzene rings is 2. The Morgan fingerprint density at radius 1 is 0.920 bits per heavy atom. The van der Waals surface area contributed by atoms with Crippen LogP contribution in [0.2, 0.25) is 0 Å². The molecule has 25 heavy (non-hydrogen) atoms. The minimum atomic E-state index is -0.969. The van der Waals surface area contributed by atoms with E-state index in [0.29, 0.717) is 31.5 Å². The van der Waals surface area contributed by atoms with Crippen molar-refractivity contribution in [3.63, 3.8) is 0 Å². The number of rotatable bonds is 4. The standard InChI is InChI=1S/C20H23F2NO2/c21-17-6-2-15(3-7-17)19(24)14-23-12-1-10-20(25,11-13-23)16-4-8-18(22)9-5-16/h2-9,19,24-25H,1,10-14H2. The molecule has 1 heterocycles. The van der Waals surface area contributed by atoms with Gasteiger partial charge in [0.05, 0.1) is 11.7 Å². The van der Waals surface area contributed by atoms with Crippen molar-refractivity contribution < 1.29 is 19.0 Å². The van der Waals surface area contributed by atoms with Crippen LogP contribution in [0.15, 0.2) is 48.5 Å². The lowest BCUT2D eigenvalue weighted by Crippen LogP contribution is -2.32. The van der Waals surface area contributed by atoms with Crippen LogP contribution in [-0.2, 0) is 5.60 Å². The third-order valence-corrected chi connectivity index (χ3v) is 4.97. The lowest BCUT2D eigenvalue weighted by molar-refractivity contribution is 0.0194. The first kappa shape index (κ1) is 18.0. The summed E-state index contributed by atoms with van der Waals surface area (Å²) in [6.07, 6.45) is 1.21. The second-order valence-electron chi connectivity index (χ2n) is 6.76. The molecule has 1 aliphatic rings. The number of nitrogens with zero attached hydrogens (tertiary/aromatic N) is 1. The highest BCUT2D eigenvalue weighted by Gasteiger charge is 2.32.